The van der Waals surface area contributed by atoms with Gasteiger partial charge in [-0.3, -0.25) is 90.5 Å². The van der Waals surface area contributed by atoms with Crippen molar-refractivity contribution in [3.05, 3.63) is 159 Å². The molecule has 4 rings (SSSR count). The number of unbranched alkanes of at least 4 members (excludes halogenated alkanes) is 2. The van der Waals surface area contributed by atoms with E-state index in [1.54, 1.807) is 27.7 Å². The summed E-state index contributed by atoms with van der Waals surface area (Å²) in [5, 5.41) is 102. The van der Waals surface area contributed by atoms with Gasteiger partial charge in [-0.25, -0.2) is 0 Å². The molecule has 0 heterocycles. The van der Waals surface area contributed by atoms with Crippen LogP contribution in [0.25, 0.3) is 0 Å². The van der Waals surface area contributed by atoms with Gasteiger partial charge >= 0.3 is 0 Å². The highest BCUT2D eigenvalue weighted by atomic mass is 32.2. The van der Waals surface area contributed by atoms with Crippen LogP contribution in [0.5, 0.6) is 0 Å². The van der Waals surface area contributed by atoms with Crippen LogP contribution >= 0.6 is 11.8 Å². The number of hydrogen-bond donors (Lipinski definition) is 4. The monoisotopic (exact) mass is 1010 g/mol. The van der Waals surface area contributed by atoms with Crippen LogP contribution in [0.15, 0.2) is 77.7 Å². The summed E-state index contributed by atoms with van der Waals surface area (Å²) in [6, 6.07) is 10.3. The molecule has 0 saturated heterocycles. The number of rotatable bonds is 25. The predicted octanol–water partition coefficient (Wildman–Crippen LogP) is 7.84. The number of hydrogen-bond acceptors (Lipinski definition) is 21. The van der Waals surface area contributed by atoms with E-state index in [9.17, 15) is 90.5 Å². The van der Waals surface area contributed by atoms with Crippen molar-refractivity contribution in [3.8, 4) is 0 Å². The van der Waals surface area contributed by atoms with E-state index in [2.05, 4.69) is 21.3 Å². The fraction of sp³-hybridized carbons (Fsp3) is 0.350. The van der Waals surface area contributed by atoms with Crippen molar-refractivity contribution in [1.82, 2.24) is 10.6 Å². The van der Waals surface area contributed by atoms with Gasteiger partial charge in [-0.15, -0.1) is 11.8 Å². The zero-order chi connectivity index (χ0) is 53.3. The lowest BCUT2D eigenvalue weighted by Crippen LogP contribution is -2.44. The first-order valence-electron chi connectivity index (χ1n) is 20.8. The third kappa shape index (κ3) is 15.8. The third-order valence-corrected chi connectivity index (χ3v) is 10.9. The number of nitrogens with one attached hydrogen (secondary N) is 4. The van der Waals surface area contributed by atoms with Crippen LogP contribution in [0.4, 0.5) is 56.9 Å². The van der Waals surface area contributed by atoms with E-state index in [1.165, 1.54) is 24.3 Å². The van der Waals surface area contributed by atoms with Crippen molar-refractivity contribution in [2.45, 2.75) is 88.9 Å². The Morgan fingerprint density at radius 2 is 0.761 bits per heavy atom. The Bertz CT molecular complexity index is 2590. The number of benzene rings is 4. The van der Waals surface area contributed by atoms with Crippen LogP contribution in [-0.2, 0) is 16.0 Å². The molecule has 0 aromatic heterocycles. The summed E-state index contributed by atoms with van der Waals surface area (Å²) in [4.78, 5) is 110. The van der Waals surface area contributed by atoms with Gasteiger partial charge in [0.1, 0.15) is 17.6 Å². The van der Waals surface area contributed by atoms with Gasteiger partial charge in [0.15, 0.2) is 16.3 Å². The minimum Gasteiger partial charge on any atom is -0.362 e. The fourth-order valence-electron chi connectivity index (χ4n) is 6.63. The normalized spacial score (nSPS) is 11.5. The molecule has 0 saturated carbocycles. The van der Waals surface area contributed by atoms with Crippen molar-refractivity contribution in [1.29, 1.82) is 0 Å². The van der Waals surface area contributed by atoms with Crippen LogP contribution in [0.3, 0.4) is 0 Å². The molecule has 4 aromatic rings. The largest absolute Gasteiger partial charge is 0.362 e. The number of nitro benzene ring substituents is 8. The quantitative estimate of drug-likeness (QED) is 0.0212. The third-order valence-electron chi connectivity index (χ3n) is 9.66. The molecular weight excluding hydrogens is 969 g/mol. The highest BCUT2D eigenvalue weighted by molar-refractivity contribution is 7.99. The van der Waals surface area contributed by atoms with Gasteiger partial charge in [-0.1, -0.05) is 12.8 Å². The average Bonchev–Trinajstić information content (AvgIpc) is 3.28. The Labute approximate surface area is 403 Å². The molecule has 4 aromatic carbocycles. The van der Waals surface area contributed by atoms with Crippen molar-refractivity contribution >= 4 is 80.5 Å². The molecule has 71 heavy (non-hydrogen) atoms. The van der Waals surface area contributed by atoms with Crippen LogP contribution in [0.1, 0.15) is 58.9 Å². The highest BCUT2D eigenvalue weighted by Gasteiger charge is 2.33. The molecule has 2 atom stereocenters. The maximum atomic E-state index is 12.8. The van der Waals surface area contributed by atoms with Gasteiger partial charge in [-0.2, -0.15) is 0 Å². The lowest BCUT2D eigenvalue weighted by Gasteiger charge is -2.21. The zero-order valence-corrected chi connectivity index (χ0v) is 38.6. The Hall–Kier alpha value is -9.03. The topological polar surface area (TPSA) is 427 Å². The smallest absolute Gasteiger partial charge is 0.299 e. The standard InChI is InChI=1S/C22H26N6O9.C18H18N6O9S/c1-14(2)23-22(29)16(24-21-19(27(34)35)12-7-13-20(21)28(36)37)9-5-3-4-8-15-17(25(30)31)10-6-11-18(15)26(32)33;1-10(2)19-18(25)11(20-16-12(21(26)27)5-3-6-13(16)22(28)29)9-34-17-14(23(30)31)7-4-8-15(17)24(32)33/h6-7,10-14,16,24H,3-5,8-9H2,1-2H3,(H,23,29);3-8,10-11,20H,9H2,1-2H3,(H,19,25)/t16-;11-/m00/s1. The molecule has 0 unspecified atom stereocenters. The van der Waals surface area contributed by atoms with Crippen LogP contribution < -0.4 is 21.3 Å². The molecule has 0 aliphatic carbocycles. The van der Waals surface area contributed by atoms with E-state index in [0.29, 0.717) is 31.0 Å². The number of thioether (sulfide) groups is 1. The predicted molar refractivity (Wildman–Crippen MR) is 253 cm³/mol. The van der Waals surface area contributed by atoms with E-state index >= 15 is 0 Å². The second kappa shape index (κ2) is 25.9. The minimum atomic E-state index is -1.38. The molecule has 4 N–H and O–H groups in total. The Morgan fingerprint density at radius 1 is 0.451 bits per heavy atom. The van der Waals surface area contributed by atoms with E-state index in [0.717, 1.165) is 48.5 Å². The maximum absolute atomic E-state index is 12.8. The molecule has 0 spiro atoms. The molecule has 0 fully saturated rings. The van der Waals surface area contributed by atoms with E-state index < -0.39 is 109 Å². The molecule has 378 valence electrons. The maximum Gasteiger partial charge on any atom is 0.299 e. The van der Waals surface area contributed by atoms with Gasteiger partial charge in [0.05, 0.1) is 39.4 Å². The molecule has 0 aliphatic heterocycles. The first-order chi connectivity index (χ1) is 33.4. The lowest BCUT2D eigenvalue weighted by molar-refractivity contribution is -0.399. The number of para-hydroxylation sites is 2. The number of nitrogens with zero attached hydrogens (tertiary/aromatic N) is 8. The van der Waals surface area contributed by atoms with Gasteiger partial charge in [0, 0.05) is 66.4 Å². The van der Waals surface area contributed by atoms with Crippen LogP contribution in [0.2, 0.25) is 0 Å². The highest BCUT2D eigenvalue weighted by Crippen LogP contribution is 2.40. The fourth-order valence-corrected chi connectivity index (χ4v) is 7.78. The summed E-state index contributed by atoms with van der Waals surface area (Å²) < 4.78 is 0. The van der Waals surface area contributed by atoms with Crippen LogP contribution in [0, 0.1) is 80.9 Å². The molecule has 0 bridgehead atoms. The van der Waals surface area contributed by atoms with Gasteiger partial charge < -0.3 is 21.3 Å². The van der Waals surface area contributed by atoms with Crippen molar-refractivity contribution < 1.29 is 49.0 Å². The number of nitro groups is 8. The summed E-state index contributed by atoms with van der Waals surface area (Å²) in [5.41, 5.74) is -5.23. The summed E-state index contributed by atoms with van der Waals surface area (Å²) in [5.74, 6) is -1.62. The Kier molecular flexibility index (Phi) is 20.6. The molecule has 2 amide bonds. The first kappa shape index (κ1) is 56.3. The number of anilines is 2. The van der Waals surface area contributed by atoms with E-state index in [-0.39, 0.29) is 52.5 Å². The van der Waals surface area contributed by atoms with Crippen LogP contribution in [-0.4, -0.2) is 81.1 Å². The first-order valence-corrected chi connectivity index (χ1v) is 21.8. The lowest BCUT2D eigenvalue weighted by atomic mass is 10.0. The van der Waals surface area contributed by atoms with Crippen molar-refractivity contribution in [2.75, 3.05) is 16.4 Å². The average molecular weight is 1010 g/mol. The number of amides is 2. The van der Waals surface area contributed by atoms with Gasteiger partial charge in [0.2, 0.25) is 11.8 Å². The second-order valence-electron chi connectivity index (χ2n) is 15.4. The van der Waals surface area contributed by atoms with Crippen molar-refractivity contribution in [3.63, 3.8) is 0 Å². The summed E-state index contributed by atoms with van der Waals surface area (Å²) in [6.07, 6.45) is 1.28. The van der Waals surface area contributed by atoms with Gasteiger partial charge in [0.25, 0.3) is 45.5 Å². The molecular formula is C40H44N12O18S. The summed E-state index contributed by atoms with van der Waals surface area (Å²) in [7, 11) is 0. The molecule has 31 heteroatoms. The Morgan fingerprint density at radius 3 is 1.10 bits per heavy atom. The molecule has 0 radical (unpaired) electrons. The SMILES string of the molecule is CC(C)NC(=O)[C@H](CCCCCc1c([N+](=O)[O-])cccc1[N+](=O)[O-])Nc1c([N+](=O)[O-])cccc1[N+](=O)[O-].CC(C)NC(=O)[C@H](CSc1c([N+](=O)[O-])cccc1[N+](=O)[O-])Nc1c([N+](=O)[O-])cccc1[N+](=O)[O-]. The molecule has 0 aliphatic rings. The Balaban J connectivity index is 0.000000377. The summed E-state index contributed by atoms with van der Waals surface area (Å²) >= 11 is 0.595. The number of carbonyl (C=O) groups is 2. The summed E-state index contributed by atoms with van der Waals surface area (Å²) in [6.45, 7) is 6.68. The zero-order valence-electron chi connectivity index (χ0n) is 37.8. The number of carbonyl (C=O) groups excluding carboxylic acids is 2. The van der Waals surface area contributed by atoms with Crippen molar-refractivity contribution in [2.24, 2.45) is 0 Å². The van der Waals surface area contributed by atoms with E-state index in [1.807, 2.05) is 0 Å². The molecule has 30 nitrogen and oxygen atoms in total. The van der Waals surface area contributed by atoms with E-state index in [4.69, 9.17) is 0 Å². The second-order valence-corrected chi connectivity index (χ2v) is 16.5. The van der Waals surface area contributed by atoms with Gasteiger partial charge in [-0.05, 0) is 71.2 Å². The minimum absolute atomic E-state index is 0.000242.